The molecule has 0 radical (unpaired) electrons. The lowest BCUT2D eigenvalue weighted by atomic mass is 10.0. The van der Waals surface area contributed by atoms with Crippen LogP contribution in [0.25, 0.3) is 0 Å². The number of carbonyl (C=O) groups is 2. The lowest BCUT2D eigenvalue weighted by Gasteiger charge is -2.20. The topological polar surface area (TPSA) is 95.9 Å². The van der Waals surface area contributed by atoms with Gasteiger partial charge >= 0.3 is 5.97 Å². The largest absolute Gasteiger partial charge is 0.466 e. The fourth-order valence-electron chi connectivity index (χ4n) is 10.4. The number of esters is 1. The molecule has 0 aromatic carbocycles. The number of ether oxygens (including phenoxy) is 1. The van der Waals surface area contributed by atoms with Crippen LogP contribution < -0.4 is 5.32 Å². The Labute approximate surface area is 456 Å². The highest BCUT2D eigenvalue weighted by molar-refractivity contribution is 5.76. The Morgan fingerprint density at radius 3 is 0.986 bits per heavy atom. The minimum absolute atomic E-state index is 0.00276. The molecule has 0 aromatic rings. The van der Waals surface area contributed by atoms with Crippen molar-refractivity contribution in [2.24, 2.45) is 0 Å². The van der Waals surface area contributed by atoms with Crippen molar-refractivity contribution >= 4 is 11.9 Å². The van der Waals surface area contributed by atoms with E-state index in [-0.39, 0.29) is 18.5 Å². The number of allylic oxidation sites excluding steroid dienone is 3. The molecule has 0 aliphatic carbocycles. The van der Waals surface area contributed by atoms with Crippen LogP contribution in [-0.4, -0.2) is 47.4 Å². The summed E-state index contributed by atoms with van der Waals surface area (Å²) in [7, 11) is 0. The van der Waals surface area contributed by atoms with Crippen molar-refractivity contribution in [1.29, 1.82) is 0 Å². The maximum atomic E-state index is 12.5. The zero-order valence-corrected chi connectivity index (χ0v) is 49.4. The van der Waals surface area contributed by atoms with Crippen LogP contribution in [0.1, 0.15) is 367 Å². The molecule has 0 bridgehead atoms. The molecule has 0 rings (SSSR count). The zero-order chi connectivity index (χ0) is 52.9. The van der Waals surface area contributed by atoms with Crippen LogP contribution in [0.5, 0.6) is 0 Å². The maximum absolute atomic E-state index is 12.5. The number of rotatable bonds is 62. The first-order valence-electron chi connectivity index (χ1n) is 33.1. The van der Waals surface area contributed by atoms with E-state index in [0.29, 0.717) is 19.4 Å². The molecular weight excluding hydrogens is 899 g/mol. The lowest BCUT2D eigenvalue weighted by Crippen LogP contribution is -2.45. The normalized spacial score (nSPS) is 12.7. The minimum atomic E-state index is -0.846. The quantitative estimate of drug-likeness (QED) is 0.0320. The van der Waals surface area contributed by atoms with Crippen LogP contribution in [0.4, 0.5) is 0 Å². The average Bonchev–Trinajstić information content (AvgIpc) is 3.39. The molecule has 0 heterocycles. The van der Waals surface area contributed by atoms with Gasteiger partial charge in [-0.3, -0.25) is 9.59 Å². The third-order valence-electron chi connectivity index (χ3n) is 15.5. The van der Waals surface area contributed by atoms with E-state index in [0.717, 1.165) is 44.9 Å². The maximum Gasteiger partial charge on any atom is 0.305 e. The van der Waals surface area contributed by atoms with Crippen LogP contribution >= 0.6 is 0 Å². The van der Waals surface area contributed by atoms with E-state index in [4.69, 9.17) is 4.74 Å². The standard InChI is InChI=1S/C67H129NO5/c1-3-5-7-9-11-13-15-17-18-19-20-21-23-26-29-32-36-39-43-47-51-55-59-65(70)64(63-69)68-66(71)60-56-52-48-44-40-37-33-30-27-24-22-25-28-31-34-38-42-46-50-54-58-62-73-67(72)61-57-53-49-45-41-35-16-14-12-10-8-6-4-2/h14,16,55,59,64-65,69-70H,3-13,15,17-54,56-58,60-63H2,1-2H3,(H,68,71)/b16-14-,59-55+. The number of nitrogens with one attached hydrogen (secondary N) is 1. The van der Waals surface area contributed by atoms with E-state index in [1.165, 1.54) is 295 Å². The highest BCUT2D eigenvalue weighted by Crippen LogP contribution is 2.18. The predicted molar refractivity (Wildman–Crippen MR) is 320 cm³/mol. The Hall–Kier alpha value is -1.66. The number of hydrogen-bond donors (Lipinski definition) is 3. The summed E-state index contributed by atoms with van der Waals surface area (Å²) in [6, 6.07) is -0.630. The number of carbonyl (C=O) groups excluding carboxylic acids is 2. The van der Waals surface area contributed by atoms with Crippen molar-refractivity contribution in [2.75, 3.05) is 13.2 Å². The van der Waals surface area contributed by atoms with Crippen LogP contribution in [0.3, 0.4) is 0 Å². The molecule has 2 atom stereocenters. The van der Waals surface area contributed by atoms with Gasteiger partial charge in [-0.25, -0.2) is 0 Å². The summed E-state index contributed by atoms with van der Waals surface area (Å²) < 4.78 is 5.47. The van der Waals surface area contributed by atoms with Crippen LogP contribution in [0.2, 0.25) is 0 Å². The molecule has 2 unspecified atom stereocenters. The van der Waals surface area contributed by atoms with Gasteiger partial charge in [0.05, 0.1) is 25.4 Å². The molecule has 432 valence electrons. The summed E-state index contributed by atoms with van der Waals surface area (Å²) in [6.07, 6.45) is 78.0. The van der Waals surface area contributed by atoms with Crippen LogP contribution in [0.15, 0.2) is 24.3 Å². The monoisotopic (exact) mass is 1030 g/mol. The molecule has 6 nitrogen and oxygen atoms in total. The summed E-state index contributed by atoms with van der Waals surface area (Å²) in [5, 5.41) is 23.2. The van der Waals surface area contributed by atoms with E-state index >= 15 is 0 Å². The highest BCUT2D eigenvalue weighted by Gasteiger charge is 2.18. The molecule has 0 aliphatic heterocycles. The van der Waals surface area contributed by atoms with Gasteiger partial charge in [-0.15, -0.1) is 0 Å². The highest BCUT2D eigenvalue weighted by atomic mass is 16.5. The lowest BCUT2D eigenvalue weighted by molar-refractivity contribution is -0.143. The molecule has 0 spiro atoms. The average molecular weight is 1030 g/mol. The Morgan fingerprint density at radius 2 is 0.644 bits per heavy atom. The molecule has 6 heteroatoms. The second-order valence-corrected chi connectivity index (χ2v) is 22.8. The first-order chi connectivity index (χ1) is 36.0. The van der Waals surface area contributed by atoms with Gasteiger partial charge in [-0.05, 0) is 57.8 Å². The SMILES string of the molecule is CCCCCC/C=C\CCCCCCCC(=O)OCCCCCCCCCCCCCCCCCCCCCCCC(=O)NC(CO)C(O)/C=C/CCCCCCCCCCCCCCCCCCCCCC. The van der Waals surface area contributed by atoms with Crippen LogP contribution in [0, 0.1) is 0 Å². The molecule has 0 saturated carbocycles. The third-order valence-corrected chi connectivity index (χ3v) is 15.5. The molecule has 0 saturated heterocycles. The van der Waals surface area contributed by atoms with Gasteiger partial charge in [-0.2, -0.15) is 0 Å². The zero-order valence-electron chi connectivity index (χ0n) is 49.4. The summed E-state index contributed by atoms with van der Waals surface area (Å²) in [6.45, 7) is 4.91. The predicted octanol–water partition coefficient (Wildman–Crippen LogP) is 21.0. The second kappa shape index (κ2) is 62.9. The fourth-order valence-corrected chi connectivity index (χ4v) is 10.4. The van der Waals surface area contributed by atoms with Crippen molar-refractivity contribution in [3.8, 4) is 0 Å². The number of amides is 1. The van der Waals surface area contributed by atoms with E-state index in [1.807, 2.05) is 6.08 Å². The van der Waals surface area contributed by atoms with Crippen molar-refractivity contribution < 1.29 is 24.5 Å². The smallest absolute Gasteiger partial charge is 0.305 e. The molecule has 1 amide bonds. The van der Waals surface area contributed by atoms with Gasteiger partial charge in [0.1, 0.15) is 0 Å². The van der Waals surface area contributed by atoms with Crippen molar-refractivity contribution in [3.63, 3.8) is 0 Å². The van der Waals surface area contributed by atoms with E-state index in [2.05, 4.69) is 31.3 Å². The van der Waals surface area contributed by atoms with Gasteiger partial charge in [0.2, 0.25) is 5.91 Å². The molecule has 0 aromatic heterocycles. The number of unbranched alkanes of at least 4 members (excludes halogenated alkanes) is 49. The minimum Gasteiger partial charge on any atom is -0.466 e. The molecule has 3 N–H and O–H groups in total. The Balaban J connectivity index is 3.42. The van der Waals surface area contributed by atoms with Gasteiger partial charge in [-0.1, -0.05) is 321 Å². The van der Waals surface area contributed by atoms with Gasteiger partial charge in [0.25, 0.3) is 0 Å². The molecule has 0 fully saturated rings. The van der Waals surface area contributed by atoms with Crippen molar-refractivity contribution in [3.05, 3.63) is 24.3 Å². The van der Waals surface area contributed by atoms with Crippen molar-refractivity contribution in [1.82, 2.24) is 5.32 Å². The van der Waals surface area contributed by atoms with Crippen LogP contribution in [-0.2, 0) is 14.3 Å². The second-order valence-electron chi connectivity index (χ2n) is 22.8. The fraction of sp³-hybridized carbons (Fsp3) is 0.910. The Bertz CT molecular complexity index is 1140. The summed E-state index contributed by atoms with van der Waals surface area (Å²) >= 11 is 0. The molecular formula is C67H129NO5. The van der Waals surface area contributed by atoms with Gasteiger partial charge < -0.3 is 20.3 Å². The van der Waals surface area contributed by atoms with Gasteiger partial charge in [0, 0.05) is 12.8 Å². The molecule has 73 heavy (non-hydrogen) atoms. The number of aliphatic hydroxyl groups excluding tert-OH is 2. The summed E-state index contributed by atoms with van der Waals surface area (Å²) in [4.78, 5) is 24.5. The third kappa shape index (κ3) is 59.4. The van der Waals surface area contributed by atoms with E-state index in [9.17, 15) is 19.8 Å². The van der Waals surface area contributed by atoms with Crippen molar-refractivity contribution in [2.45, 2.75) is 379 Å². The van der Waals surface area contributed by atoms with E-state index in [1.54, 1.807) is 6.08 Å². The first-order valence-corrected chi connectivity index (χ1v) is 33.1. The van der Waals surface area contributed by atoms with E-state index < -0.39 is 12.1 Å². The Kier molecular flexibility index (Phi) is 61.4. The number of aliphatic hydroxyl groups is 2. The van der Waals surface area contributed by atoms with Gasteiger partial charge in [0.15, 0.2) is 0 Å². The summed E-state index contributed by atoms with van der Waals surface area (Å²) in [5.41, 5.74) is 0. The summed E-state index contributed by atoms with van der Waals surface area (Å²) in [5.74, 6) is -0.0625. The Morgan fingerprint density at radius 1 is 0.370 bits per heavy atom. The molecule has 0 aliphatic rings. The first kappa shape index (κ1) is 71.3. The number of hydrogen-bond acceptors (Lipinski definition) is 5.